The Kier molecular flexibility index (Phi) is 31.2. The third-order valence-corrected chi connectivity index (χ3v) is 5.41. The van der Waals surface area contributed by atoms with Gasteiger partial charge in [0.25, 0.3) is 0 Å². The molecule has 0 aromatic carbocycles. The molecule has 9 nitrogen and oxygen atoms in total. The van der Waals surface area contributed by atoms with Crippen LogP contribution in [-0.4, -0.2) is 99.1 Å². The molecular weight excluding hydrogens is 463 g/mol. The summed E-state index contributed by atoms with van der Waals surface area (Å²) < 4.78 is 50.2. The second-order valence-electron chi connectivity index (χ2n) is 7.27. The summed E-state index contributed by atoms with van der Waals surface area (Å²) in [4.78, 5) is 0. The molecule has 0 unspecified atom stereocenters. The van der Waals surface area contributed by atoms with E-state index in [2.05, 4.69) is 0 Å². The van der Waals surface area contributed by atoms with Crippen LogP contribution >= 0.6 is 8.60 Å². The van der Waals surface area contributed by atoms with Crippen molar-refractivity contribution in [1.82, 2.24) is 0 Å². The van der Waals surface area contributed by atoms with Crippen LogP contribution in [0.3, 0.4) is 0 Å². The second kappa shape index (κ2) is 31.1. The van der Waals surface area contributed by atoms with Gasteiger partial charge in [0.15, 0.2) is 0 Å². The van der Waals surface area contributed by atoms with E-state index in [0.29, 0.717) is 59.5 Å². The van der Waals surface area contributed by atoms with Gasteiger partial charge in [0, 0.05) is 79.3 Å². The molecule has 0 rings (SSSR count). The fraction of sp³-hybridized carbons (Fsp3) is 1.00. The molecule has 206 valence electrons. The van der Waals surface area contributed by atoms with Gasteiger partial charge in [-0.2, -0.15) is 0 Å². The number of ether oxygens (including phenoxy) is 6. The normalized spacial score (nSPS) is 11.6. The molecule has 0 saturated carbocycles. The topological polar surface area (TPSA) is 83.1 Å². The minimum absolute atomic E-state index is 0.541. The molecule has 0 saturated heterocycles. The molecule has 0 aromatic rings. The zero-order valence-electron chi connectivity index (χ0n) is 22.0. The van der Waals surface area contributed by atoms with Crippen molar-refractivity contribution in [3.63, 3.8) is 0 Å². The maximum Gasteiger partial charge on any atom is 0.332 e. The van der Waals surface area contributed by atoms with E-state index in [1.54, 1.807) is 0 Å². The van der Waals surface area contributed by atoms with E-state index in [9.17, 15) is 0 Å². The van der Waals surface area contributed by atoms with Gasteiger partial charge in [-0.3, -0.25) is 0 Å². The molecular formula is C24H51O9P. The van der Waals surface area contributed by atoms with E-state index < -0.39 is 8.60 Å². The Morgan fingerprint density at radius 3 is 0.824 bits per heavy atom. The van der Waals surface area contributed by atoms with Gasteiger partial charge in [-0.1, -0.05) is 0 Å². The van der Waals surface area contributed by atoms with Gasteiger partial charge >= 0.3 is 8.60 Å². The SMILES string of the molecule is CCOCCCOCCCOP(OCCCOCCCOCC)OCCCOCCCOCC. The Labute approximate surface area is 209 Å². The van der Waals surface area contributed by atoms with Crippen molar-refractivity contribution in [3.05, 3.63) is 0 Å². The summed E-state index contributed by atoms with van der Waals surface area (Å²) in [5, 5.41) is 0. The van der Waals surface area contributed by atoms with Gasteiger partial charge < -0.3 is 42.0 Å². The summed E-state index contributed by atoms with van der Waals surface area (Å²) >= 11 is 0. The third-order valence-electron chi connectivity index (χ3n) is 4.23. The first-order valence-electron chi connectivity index (χ1n) is 13.0. The molecule has 0 aliphatic rings. The predicted molar refractivity (Wildman–Crippen MR) is 134 cm³/mol. The Bertz CT molecular complexity index is 315. The highest BCUT2D eigenvalue weighted by molar-refractivity contribution is 7.41. The summed E-state index contributed by atoms with van der Waals surface area (Å²) in [5.74, 6) is 0. The van der Waals surface area contributed by atoms with Crippen LogP contribution in [0.15, 0.2) is 0 Å². The monoisotopic (exact) mass is 514 g/mol. The van der Waals surface area contributed by atoms with Crippen molar-refractivity contribution in [2.75, 3.05) is 99.1 Å². The van der Waals surface area contributed by atoms with Crippen molar-refractivity contribution in [2.45, 2.75) is 59.3 Å². The largest absolute Gasteiger partial charge is 0.382 e. The van der Waals surface area contributed by atoms with E-state index in [4.69, 9.17) is 42.0 Å². The third kappa shape index (κ3) is 28.3. The van der Waals surface area contributed by atoms with Crippen LogP contribution < -0.4 is 0 Å². The maximum absolute atomic E-state index is 5.83. The molecule has 0 aliphatic carbocycles. The second-order valence-corrected chi connectivity index (χ2v) is 8.49. The van der Waals surface area contributed by atoms with Crippen molar-refractivity contribution < 1.29 is 42.0 Å². The Balaban J connectivity index is 3.85. The molecule has 0 heterocycles. The van der Waals surface area contributed by atoms with Crippen LogP contribution in [0.1, 0.15) is 59.3 Å². The van der Waals surface area contributed by atoms with Gasteiger partial charge in [0.2, 0.25) is 0 Å². The van der Waals surface area contributed by atoms with Crippen molar-refractivity contribution >= 4 is 8.60 Å². The molecule has 0 aliphatic heterocycles. The first kappa shape index (κ1) is 34.1. The summed E-state index contributed by atoms with van der Waals surface area (Å²) in [6.07, 6.45) is 5.13. The first-order chi connectivity index (χ1) is 16.8. The van der Waals surface area contributed by atoms with E-state index in [1.165, 1.54) is 0 Å². The van der Waals surface area contributed by atoms with Gasteiger partial charge in [-0.15, -0.1) is 0 Å². The highest BCUT2D eigenvalue weighted by Gasteiger charge is 2.12. The summed E-state index contributed by atoms with van der Waals surface area (Å²) in [6, 6.07) is 0. The molecule has 10 heteroatoms. The molecule has 0 N–H and O–H groups in total. The summed E-state index contributed by atoms with van der Waals surface area (Å²) in [7, 11) is -1.38. The standard InChI is InChI=1S/C24H51O9P/c1-4-25-13-7-16-28-19-10-22-31-34(32-23-11-20-29-17-8-14-26-5-2)33-24-12-21-30-18-9-15-27-6-3/h4-24H2,1-3H3. The van der Waals surface area contributed by atoms with Crippen LogP contribution in [0, 0.1) is 0 Å². The zero-order valence-corrected chi connectivity index (χ0v) is 22.9. The summed E-state index contributed by atoms with van der Waals surface area (Å²) in [6.45, 7) is 16.2. The van der Waals surface area contributed by atoms with Gasteiger partial charge in [0.1, 0.15) is 0 Å². The average molecular weight is 515 g/mol. The van der Waals surface area contributed by atoms with Crippen molar-refractivity contribution in [1.29, 1.82) is 0 Å². The predicted octanol–water partition coefficient (Wildman–Crippen LogP) is 4.76. The molecule has 0 atom stereocenters. The van der Waals surface area contributed by atoms with E-state index in [-0.39, 0.29) is 0 Å². The van der Waals surface area contributed by atoms with Crippen LogP contribution in [0.5, 0.6) is 0 Å². The van der Waals surface area contributed by atoms with Crippen molar-refractivity contribution in [2.24, 2.45) is 0 Å². The highest BCUT2D eigenvalue weighted by Crippen LogP contribution is 2.39. The molecule has 0 bridgehead atoms. The van der Waals surface area contributed by atoms with E-state index >= 15 is 0 Å². The molecule has 0 amide bonds. The lowest BCUT2D eigenvalue weighted by Crippen LogP contribution is -2.07. The van der Waals surface area contributed by atoms with E-state index in [1.807, 2.05) is 20.8 Å². The van der Waals surface area contributed by atoms with Gasteiger partial charge in [-0.05, 0) is 59.3 Å². The summed E-state index contributed by atoms with van der Waals surface area (Å²) in [5.41, 5.74) is 0. The highest BCUT2D eigenvalue weighted by atomic mass is 31.2. The Hall–Kier alpha value is 0.0700. The first-order valence-corrected chi connectivity index (χ1v) is 14.1. The quantitative estimate of drug-likeness (QED) is 0.0995. The van der Waals surface area contributed by atoms with E-state index in [0.717, 1.165) is 78.2 Å². The molecule has 0 spiro atoms. The lowest BCUT2D eigenvalue weighted by Gasteiger charge is -2.17. The van der Waals surface area contributed by atoms with Crippen LogP contribution in [-0.2, 0) is 42.0 Å². The smallest absolute Gasteiger partial charge is 0.332 e. The Morgan fingerprint density at radius 2 is 0.559 bits per heavy atom. The minimum atomic E-state index is -1.38. The average Bonchev–Trinajstić information content (AvgIpc) is 2.85. The molecule has 0 radical (unpaired) electrons. The van der Waals surface area contributed by atoms with Crippen LogP contribution in [0.4, 0.5) is 0 Å². The van der Waals surface area contributed by atoms with Crippen LogP contribution in [0.2, 0.25) is 0 Å². The van der Waals surface area contributed by atoms with Gasteiger partial charge in [0.05, 0.1) is 19.8 Å². The number of hydrogen-bond donors (Lipinski definition) is 0. The number of rotatable bonds is 30. The lowest BCUT2D eigenvalue weighted by molar-refractivity contribution is 0.0694. The molecule has 0 fully saturated rings. The fourth-order valence-corrected chi connectivity index (χ4v) is 3.60. The molecule has 0 aromatic heterocycles. The fourth-order valence-electron chi connectivity index (χ4n) is 2.54. The van der Waals surface area contributed by atoms with Crippen LogP contribution in [0.25, 0.3) is 0 Å². The lowest BCUT2D eigenvalue weighted by atomic mass is 10.4. The number of hydrogen-bond acceptors (Lipinski definition) is 9. The molecule has 34 heavy (non-hydrogen) atoms. The zero-order chi connectivity index (χ0) is 24.8. The Morgan fingerprint density at radius 1 is 0.324 bits per heavy atom. The maximum atomic E-state index is 5.83. The van der Waals surface area contributed by atoms with Crippen molar-refractivity contribution in [3.8, 4) is 0 Å². The van der Waals surface area contributed by atoms with Gasteiger partial charge in [-0.25, -0.2) is 0 Å². The minimum Gasteiger partial charge on any atom is -0.382 e.